The minimum absolute atomic E-state index is 0.247. The van der Waals surface area contributed by atoms with Crippen LogP contribution >= 0.6 is 23.5 Å². The molecule has 19 heavy (non-hydrogen) atoms. The van der Waals surface area contributed by atoms with Crippen molar-refractivity contribution in [3.05, 3.63) is 44.7 Å². The highest BCUT2D eigenvalue weighted by molar-refractivity contribution is 8.21. The molecule has 0 aromatic heterocycles. The zero-order valence-electron chi connectivity index (χ0n) is 11.9. The van der Waals surface area contributed by atoms with E-state index in [0.717, 1.165) is 29.5 Å². The van der Waals surface area contributed by atoms with Crippen LogP contribution in [0, 0.1) is 12.8 Å². The van der Waals surface area contributed by atoms with E-state index >= 15 is 0 Å². The number of hydrogen-bond donors (Lipinski definition) is 0. The highest BCUT2D eigenvalue weighted by Crippen LogP contribution is 2.38. The fourth-order valence-corrected chi connectivity index (χ4v) is 4.43. The Kier molecular flexibility index (Phi) is 4.80. The molecule has 1 aromatic carbocycles. The number of allylic oxidation sites excluding steroid dienone is 1. The van der Waals surface area contributed by atoms with Gasteiger partial charge in [-0.3, -0.25) is 4.79 Å². The number of ketones is 1. The third-order valence-electron chi connectivity index (χ3n) is 3.76. The quantitative estimate of drug-likeness (QED) is 0.581. The monoisotopic (exact) mass is 292 g/mol. The first-order chi connectivity index (χ1) is 9.10. The van der Waals surface area contributed by atoms with Crippen LogP contribution in [0.15, 0.2) is 28.0 Å². The lowest BCUT2D eigenvalue weighted by atomic mass is 9.93. The highest BCUT2D eigenvalue weighted by atomic mass is 32.2. The van der Waals surface area contributed by atoms with Gasteiger partial charge in [-0.1, -0.05) is 25.1 Å². The molecule has 1 atom stereocenters. The molecule has 0 bridgehead atoms. The van der Waals surface area contributed by atoms with Crippen LogP contribution in [0.25, 0.3) is 0 Å². The summed E-state index contributed by atoms with van der Waals surface area (Å²) in [4.78, 5) is 12.9. The molecule has 0 radical (unpaired) electrons. The molecule has 0 saturated heterocycles. The van der Waals surface area contributed by atoms with E-state index in [2.05, 4.69) is 31.6 Å². The van der Waals surface area contributed by atoms with Gasteiger partial charge in [0.05, 0.1) is 0 Å². The SMILES string of the molecule is CSC(SC)=C1C(=O)c2c(C)cccc2CCC1C. The van der Waals surface area contributed by atoms with Crippen molar-refractivity contribution in [1.29, 1.82) is 0 Å². The summed E-state index contributed by atoms with van der Waals surface area (Å²) < 4.78 is 1.17. The number of hydrogen-bond acceptors (Lipinski definition) is 3. The fourth-order valence-electron chi connectivity index (χ4n) is 2.73. The topological polar surface area (TPSA) is 17.1 Å². The Morgan fingerprint density at radius 2 is 1.95 bits per heavy atom. The summed E-state index contributed by atoms with van der Waals surface area (Å²) in [5.41, 5.74) is 4.29. The third kappa shape index (κ3) is 2.77. The van der Waals surface area contributed by atoms with Crippen LogP contribution in [-0.4, -0.2) is 18.3 Å². The molecule has 1 aliphatic carbocycles. The van der Waals surface area contributed by atoms with E-state index in [1.54, 1.807) is 23.5 Å². The largest absolute Gasteiger partial charge is 0.289 e. The zero-order chi connectivity index (χ0) is 14.0. The van der Waals surface area contributed by atoms with E-state index in [-0.39, 0.29) is 5.78 Å². The van der Waals surface area contributed by atoms with Gasteiger partial charge in [0, 0.05) is 15.4 Å². The molecular weight excluding hydrogens is 272 g/mol. The number of fused-ring (bicyclic) bond motifs is 1. The van der Waals surface area contributed by atoms with Crippen molar-refractivity contribution in [3.63, 3.8) is 0 Å². The number of carbonyl (C=O) groups is 1. The van der Waals surface area contributed by atoms with E-state index in [1.165, 1.54) is 9.80 Å². The van der Waals surface area contributed by atoms with Crippen LogP contribution in [0.1, 0.15) is 34.8 Å². The Hall–Kier alpha value is -0.670. The van der Waals surface area contributed by atoms with Crippen LogP contribution in [0.5, 0.6) is 0 Å². The van der Waals surface area contributed by atoms with Crippen molar-refractivity contribution in [2.45, 2.75) is 26.7 Å². The minimum Gasteiger partial charge on any atom is -0.289 e. The van der Waals surface area contributed by atoms with Gasteiger partial charge >= 0.3 is 0 Å². The molecule has 1 aromatic rings. The Balaban J connectivity index is 2.63. The van der Waals surface area contributed by atoms with Gasteiger partial charge < -0.3 is 0 Å². The van der Waals surface area contributed by atoms with E-state index in [0.29, 0.717) is 5.92 Å². The van der Waals surface area contributed by atoms with Crippen molar-refractivity contribution in [2.24, 2.45) is 5.92 Å². The molecule has 0 heterocycles. The maximum Gasteiger partial charge on any atom is 0.191 e. The second-order valence-electron chi connectivity index (χ2n) is 4.99. The summed E-state index contributed by atoms with van der Waals surface area (Å²) in [6.07, 6.45) is 6.18. The number of thioether (sulfide) groups is 2. The molecule has 0 fully saturated rings. The van der Waals surface area contributed by atoms with E-state index in [9.17, 15) is 4.79 Å². The van der Waals surface area contributed by atoms with Crippen LogP contribution in [-0.2, 0) is 6.42 Å². The maximum absolute atomic E-state index is 12.9. The zero-order valence-corrected chi connectivity index (χ0v) is 13.6. The first-order valence-corrected chi connectivity index (χ1v) is 9.00. The highest BCUT2D eigenvalue weighted by Gasteiger charge is 2.28. The average molecular weight is 292 g/mol. The molecule has 3 heteroatoms. The van der Waals surface area contributed by atoms with Gasteiger partial charge in [0.1, 0.15) is 0 Å². The molecule has 0 amide bonds. The van der Waals surface area contributed by atoms with Gasteiger partial charge in [-0.25, -0.2) is 0 Å². The van der Waals surface area contributed by atoms with Gasteiger partial charge in [-0.05, 0) is 49.3 Å². The van der Waals surface area contributed by atoms with Crippen molar-refractivity contribution in [3.8, 4) is 0 Å². The molecule has 1 aliphatic rings. The van der Waals surface area contributed by atoms with Gasteiger partial charge in [-0.2, -0.15) is 0 Å². The number of rotatable bonds is 2. The molecule has 0 N–H and O–H groups in total. The van der Waals surface area contributed by atoms with Gasteiger partial charge in [0.2, 0.25) is 0 Å². The smallest absolute Gasteiger partial charge is 0.191 e. The van der Waals surface area contributed by atoms with Crippen molar-refractivity contribution >= 4 is 29.3 Å². The van der Waals surface area contributed by atoms with Crippen molar-refractivity contribution in [2.75, 3.05) is 12.5 Å². The molecule has 102 valence electrons. The van der Waals surface area contributed by atoms with Crippen LogP contribution in [0.2, 0.25) is 0 Å². The van der Waals surface area contributed by atoms with Gasteiger partial charge in [0.15, 0.2) is 5.78 Å². The molecule has 2 rings (SSSR count). The normalized spacial score (nSPS) is 19.1. The molecule has 0 saturated carbocycles. The van der Waals surface area contributed by atoms with Gasteiger partial charge in [0.25, 0.3) is 0 Å². The lowest BCUT2D eigenvalue weighted by molar-refractivity contribution is 0.102. The first-order valence-electron chi connectivity index (χ1n) is 6.55. The van der Waals surface area contributed by atoms with Crippen LogP contribution in [0.3, 0.4) is 0 Å². The lowest BCUT2D eigenvalue weighted by Crippen LogP contribution is -2.12. The number of carbonyl (C=O) groups excluding carboxylic acids is 1. The Bertz CT molecular complexity index is 526. The predicted molar refractivity (Wildman–Crippen MR) is 87.1 cm³/mol. The van der Waals surface area contributed by atoms with Crippen LogP contribution in [0.4, 0.5) is 0 Å². The summed E-state index contributed by atoms with van der Waals surface area (Å²) in [5, 5.41) is 0. The van der Waals surface area contributed by atoms with Crippen molar-refractivity contribution < 1.29 is 4.79 Å². The number of aryl methyl sites for hydroxylation is 2. The Morgan fingerprint density at radius 1 is 1.26 bits per heavy atom. The van der Waals surface area contributed by atoms with Crippen molar-refractivity contribution in [1.82, 2.24) is 0 Å². The molecule has 0 aliphatic heterocycles. The summed E-state index contributed by atoms with van der Waals surface area (Å²) in [6, 6.07) is 6.21. The number of benzene rings is 1. The molecule has 1 unspecified atom stereocenters. The molecular formula is C16H20OS2. The maximum atomic E-state index is 12.9. The second-order valence-corrected chi connectivity index (χ2v) is 6.88. The standard InChI is InChI=1S/C16H20OS2/c1-10-6-5-7-12-9-8-11(2)14(15(17)13(10)12)16(18-3)19-4/h5-7,11H,8-9H2,1-4H3. The minimum atomic E-state index is 0.247. The third-order valence-corrected chi connectivity index (χ3v) is 5.94. The second kappa shape index (κ2) is 6.19. The summed E-state index contributed by atoms with van der Waals surface area (Å²) >= 11 is 3.39. The average Bonchev–Trinajstić information content (AvgIpc) is 2.52. The predicted octanol–water partition coefficient (Wildman–Crippen LogP) is 4.70. The summed E-state index contributed by atoms with van der Waals surface area (Å²) in [6.45, 7) is 4.23. The summed E-state index contributed by atoms with van der Waals surface area (Å²) in [7, 11) is 0. The Labute approximate surface area is 124 Å². The van der Waals surface area contributed by atoms with E-state index in [4.69, 9.17) is 0 Å². The molecule has 1 nitrogen and oxygen atoms in total. The first kappa shape index (κ1) is 14.7. The molecule has 0 spiro atoms. The van der Waals surface area contributed by atoms with Gasteiger partial charge in [-0.15, -0.1) is 23.5 Å². The van der Waals surface area contributed by atoms with E-state index < -0.39 is 0 Å². The van der Waals surface area contributed by atoms with Crippen LogP contribution < -0.4 is 0 Å². The number of Topliss-reactive ketones (excluding diaryl/α,β-unsaturated/α-hetero) is 1. The fraction of sp³-hybridized carbons (Fsp3) is 0.438. The Morgan fingerprint density at radius 3 is 2.58 bits per heavy atom. The van der Waals surface area contributed by atoms with E-state index in [1.807, 2.05) is 13.0 Å². The summed E-state index contributed by atoms with van der Waals surface area (Å²) in [5.74, 6) is 0.589. The lowest BCUT2D eigenvalue weighted by Gasteiger charge is -2.15.